The summed E-state index contributed by atoms with van der Waals surface area (Å²) in [5.74, 6) is -1.18. The van der Waals surface area contributed by atoms with E-state index in [2.05, 4.69) is 5.32 Å². The van der Waals surface area contributed by atoms with Crippen molar-refractivity contribution in [3.05, 3.63) is 58.5 Å². The molecule has 0 unspecified atom stereocenters. The van der Waals surface area contributed by atoms with E-state index in [1.54, 1.807) is 24.3 Å². The van der Waals surface area contributed by atoms with Gasteiger partial charge in [0, 0.05) is 24.0 Å². The second-order valence-corrected chi connectivity index (χ2v) is 5.32. The molecule has 0 aliphatic heterocycles. The zero-order valence-electron chi connectivity index (χ0n) is 14.1. The van der Waals surface area contributed by atoms with Crippen LogP contribution in [-0.2, 0) is 27.0 Å². The molecule has 0 fully saturated rings. The number of anilines is 1. The molecule has 144 valence electrons. The summed E-state index contributed by atoms with van der Waals surface area (Å²) in [6, 6.07) is 7.76. The average Bonchev–Trinajstić information content (AvgIpc) is 2.61. The molecule has 10 heteroatoms. The molecule has 1 aromatic heterocycles. The number of carbonyl (C=O) groups excluding carboxylic acids is 2. The summed E-state index contributed by atoms with van der Waals surface area (Å²) >= 11 is 0. The maximum atomic E-state index is 12.7. The normalized spacial score (nSPS) is 11.0. The highest BCUT2D eigenvalue weighted by atomic mass is 19.4. The van der Waals surface area contributed by atoms with Gasteiger partial charge in [0.2, 0.25) is 0 Å². The average molecular weight is 384 g/mol. The van der Waals surface area contributed by atoms with Crippen molar-refractivity contribution in [3.63, 3.8) is 0 Å². The molecule has 0 bridgehead atoms. The molecule has 1 N–H and O–H groups in total. The van der Waals surface area contributed by atoms with Crippen LogP contribution < -0.4 is 15.6 Å². The van der Waals surface area contributed by atoms with E-state index < -0.39 is 42.3 Å². The molecule has 27 heavy (non-hydrogen) atoms. The van der Waals surface area contributed by atoms with E-state index in [-0.39, 0.29) is 0 Å². The third-order valence-corrected chi connectivity index (χ3v) is 3.33. The molecule has 0 spiro atoms. The van der Waals surface area contributed by atoms with Gasteiger partial charge in [0.05, 0.1) is 12.7 Å². The lowest BCUT2D eigenvalue weighted by atomic mass is 10.3. The van der Waals surface area contributed by atoms with Crippen molar-refractivity contribution in [2.45, 2.75) is 12.7 Å². The van der Waals surface area contributed by atoms with Crippen molar-refractivity contribution in [1.82, 2.24) is 4.57 Å². The topological polar surface area (TPSA) is 86.6 Å². The Labute approximate surface area is 151 Å². The third kappa shape index (κ3) is 5.87. The van der Waals surface area contributed by atoms with Gasteiger partial charge in [-0.2, -0.15) is 13.2 Å². The minimum Gasteiger partial charge on any atom is -0.497 e. The predicted octanol–water partition coefficient (Wildman–Crippen LogP) is 2.06. The first-order valence-electron chi connectivity index (χ1n) is 7.56. The van der Waals surface area contributed by atoms with Crippen molar-refractivity contribution in [2.24, 2.45) is 0 Å². The number of carbonyl (C=O) groups is 2. The molecule has 0 radical (unpaired) electrons. The fourth-order valence-corrected chi connectivity index (χ4v) is 2.05. The SMILES string of the molecule is COc1cccc(NC(=O)COC(=O)Cn2cc(C(F)(F)F)ccc2=O)c1. The van der Waals surface area contributed by atoms with Gasteiger partial charge < -0.3 is 19.4 Å². The van der Waals surface area contributed by atoms with E-state index in [4.69, 9.17) is 9.47 Å². The highest BCUT2D eigenvalue weighted by Gasteiger charge is 2.31. The lowest BCUT2D eigenvalue weighted by Crippen LogP contribution is -2.28. The molecule has 1 aromatic carbocycles. The molecular formula is C17H15F3N2O5. The van der Waals surface area contributed by atoms with Gasteiger partial charge in [-0.15, -0.1) is 0 Å². The molecular weight excluding hydrogens is 369 g/mol. The van der Waals surface area contributed by atoms with Crippen LogP contribution in [0.1, 0.15) is 5.56 Å². The van der Waals surface area contributed by atoms with Gasteiger partial charge in [0.1, 0.15) is 12.3 Å². The fourth-order valence-electron chi connectivity index (χ4n) is 2.05. The summed E-state index contributed by atoms with van der Waals surface area (Å²) in [6.45, 7) is -1.42. The fraction of sp³-hybridized carbons (Fsp3) is 0.235. The number of methoxy groups -OCH3 is 1. The van der Waals surface area contributed by atoms with Crippen LogP contribution in [0.2, 0.25) is 0 Å². The number of benzene rings is 1. The van der Waals surface area contributed by atoms with Crippen molar-refractivity contribution in [2.75, 3.05) is 19.0 Å². The van der Waals surface area contributed by atoms with Crippen molar-refractivity contribution in [3.8, 4) is 5.75 Å². The van der Waals surface area contributed by atoms with Gasteiger partial charge in [-0.1, -0.05) is 6.07 Å². The minimum absolute atomic E-state index is 0.407. The van der Waals surface area contributed by atoms with Crippen LogP contribution in [0.25, 0.3) is 0 Å². The zero-order valence-corrected chi connectivity index (χ0v) is 14.1. The summed E-state index contributed by atoms with van der Waals surface area (Å²) in [7, 11) is 1.46. The number of nitrogens with one attached hydrogen (secondary N) is 1. The number of hydrogen-bond donors (Lipinski definition) is 1. The number of aromatic nitrogens is 1. The van der Waals surface area contributed by atoms with Crippen LogP contribution in [0.15, 0.2) is 47.4 Å². The lowest BCUT2D eigenvalue weighted by molar-refractivity contribution is -0.148. The number of alkyl halides is 3. The standard InChI is InChI=1S/C17H15F3N2O5/c1-26-13-4-2-3-12(7-13)21-14(23)10-27-16(25)9-22-8-11(17(18,19)20)5-6-15(22)24/h2-8H,9-10H2,1H3,(H,21,23). The summed E-state index contributed by atoms with van der Waals surface area (Å²) in [6.07, 6.45) is -4.14. The largest absolute Gasteiger partial charge is 0.497 e. The van der Waals surface area contributed by atoms with Crippen LogP contribution >= 0.6 is 0 Å². The Morgan fingerprint density at radius 1 is 1.19 bits per heavy atom. The molecule has 2 aromatic rings. The Balaban J connectivity index is 1.92. The van der Waals surface area contributed by atoms with Crippen molar-refractivity contribution in [1.29, 1.82) is 0 Å². The molecule has 1 heterocycles. The maximum absolute atomic E-state index is 12.7. The van der Waals surface area contributed by atoms with Crippen LogP contribution in [-0.4, -0.2) is 30.2 Å². The maximum Gasteiger partial charge on any atom is 0.417 e. The van der Waals surface area contributed by atoms with Crippen LogP contribution in [0.4, 0.5) is 18.9 Å². The first-order valence-corrected chi connectivity index (χ1v) is 7.56. The smallest absolute Gasteiger partial charge is 0.417 e. The molecule has 0 saturated heterocycles. The zero-order chi connectivity index (χ0) is 20.0. The highest BCUT2D eigenvalue weighted by molar-refractivity contribution is 5.92. The summed E-state index contributed by atoms with van der Waals surface area (Å²) in [4.78, 5) is 35.1. The van der Waals surface area contributed by atoms with E-state index in [0.717, 1.165) is 0 Å². The number of nitrogens with zero attached hydrogens (tertiary/aromatic N) is 1. The number of amides is 1. The molecule has 0 atom stereocenters. The van der Waals surface area contributed by atoms with Gasteiger partial charge in [0.15, 0.2) is 6.61 Å². The molecule has 7 nitrogen and oxygen atoms in total. The van der Waals surface area contributed by atoms with Gasteiger partial charge >= 0.3 is 12.1 Å². The van der Waals surface area contributed by atoms with Crippen LogP contribution in [0.3, 0.4) is 0 Å². The summed E-state index contributed by atoms with van der Waals surface area (Å²) < 4.78 is 48.2. The summed E-state index contributed by atoms with van der Waals surface area (Å²) in [5, 5.41) is 2.46. The number of ether oxygens (including phenoxy) is 2. The number of pyridine rings is 1. The Hall–Kier alpha value is -3.30. The predicted molar refractivity (Wildman–Crippen MR) is 88.3 cm³/mol. The van der Waals surface area contributed by atoms with Gasteiger partial charge in [-0.3, -0.25) is 14.4 Å². The first-order chi connectivity index (χ1) is 12.7. The van der Waals surface area contributed by atoms with Crippen molar-refractivity contribution < 1.29 is 32.2 Å². The Kier molecular flexibility index (Phi) is 6.22. The number of halogens is 3. The molecule has 0 saturated carbocycles. The molecule has 0 aliphatic carbocycles. The van der Waals surface area contributed by atoms with Gasteiger partial charge in [0.25, 0.3) is 11.5 Å². The number of hydrogen-bond acceptors (Lipinski definition) is 5. The first kappa shape index (κ1) is 20.0. The van der Waals surface area contributed by atoms with Crippen LogP contribution in [0, 0.1) is 0 Å². The molecule has 2 rings (SSSR count). The Morgan fingerprint density at radius 3 is 2.59 bits per heavy atom. The Bertz CT molecular complexity index is 893. The van der Waals surface area contributed by atoms with E-state index in [1.165, 1.54) is 7.11 Å². The lowest BCUT2D eigenvalue weighted by Gasteiger charge is -2.11. The van der Waals surface area contributed by atoms with E-state index in [9.17, 15) is 27.6 Å². The van der Waals surface area contributed by atoms with Crippen molar-refractivity contribution >= 4 is 17.6 Å². The molecule has 1 amide bonds. The van der Waals surface area contributed by atoms with Gasteiger partial charge in [-0.05, 0) is 18.2 Å². The minimum atomic E-state index is -4.66. The monoisotopic (exact) mass is 384 g/mol. The second-order valence-electron chi connectivity index (χ2n) is 5.32. The quantitative estimate of drug-likeness (QED) is 0.771. The van der Waals surface area contributed by atoms with E-state index >= 15 is 0 Å². The Morgan fingerprint density at radius 2 is 1.93 bits per heavy atom. The second kappa shape index (κ2) is 8.39. The highest BCUT2D eigenvalue weighted by Crippen LogP contribution is 2.28. The van der Waals surface area contributed by atoms with Gasteiger partial charge in [-0.25, -0.2) is 0 Å². The number of rotatable bonds is 6. The number of esters is 1. The summed E-state index contributed by atoms with van der Waals surface area (Å²) in [5.41, 5.74) is -1.48. The third-order valence-electron chi connectivity index (χ3n) is 3.33. The van der Waals surface area contributed by atoms with E-state index in [0.29, 0.717) is 34.3 Å². The van der Waals surface area contributed by atoms with Crippen LogP contribution in [0.5, 0.6) is 5.75 Å². The molecule has 0 aliphatic rings. The van der Waals surface area contributed by atoms with E-state index in [1.807, 2.05) is 0 Å².